The smallest absolute Gasteiger partial charge is 0.338 e. The number of ether oxygens (including phenoxy) is 1. The first-order valence-electron chi connectivity index (χ1n) is 13.0. The topological polar surface area (TPSA) is 46.5 Å². The molecule has 0 radical (unpaired) electrons. The molecule has 4 aliphatic carbocycles. The molecule has 6 unspecified atom stereocenters. The van der Waals surface area contributed by atoms with Crippen LogP contribution in [-0.2, 0) is 4.74 Å². The summed E-state index contributed by atoms with van der Waals surface area (Å²) in [6.45, 7) is 11.5. The fourth-order valence-electron chi connectivity index (χ4n) is 8.41. The zero-order valence-corrected chi connectivity index (χ0v) is 21.0. The molecule has 3 nitrogen and oxygen atoms in total. The standard InChI is InChI=1S/C30H40O3/c1-19(31)22-12-13-23-21-11-14-25-28(2,3)26(33-27(32)20-9-7-6-8-10-20)16-18-30(25,5)24(21)15-17-29(22,23)4/h6-10,13,19,22,25-26,31H,11-12,14-18H2,1-5H3. The van der Waals surface area contributed by atoms with E-state index >= 15 is 0 Å². The molecule has 0 amide bonds. The molecular formula is C30H40O3. The molecule has 178 valence electrons. The number of carbonyl (C=O) groups is 1. The second-order valence-electron chi connectivity index (χ2n) is 12.2. The van der Waals surface area contributed by atoms with Gasteiger partial charge in [-0.3, -0.25) is 0 Å². The Morgan fingerprint density at radius 3 is 2.45 bits per heavy atom. The Kier molecular flexibility index (Phi) is 5.44. The highest BCUT2D eigenvalue weighted by Crippen LogP contribution is 2.66. The average molecular weight is 449 g/mol. The van der Waals surface area contributed by atoms with E-state index in [1.165, 1.54) is 0 Å². The minimum absolute atomic E-state index is 0.0513. The second-order valence-corrected chi connectivity index (χ2v) is 12.2. The molecule has 33 heavy (non-hydrogen) atoms. The van der Waals surface area contributed by atoms with Crippen LogP contribution in [0.15, 0.2) is 53.1 Å². The van der Waals surface area contributed by atoms with Crippen LogP contribution in [0, 0.1) is 28.1 Å². The molecule has 1 fully saturated rings. The maximum Gasteiger partial charge on any atom is 0.338 e. The Hall–Kier alpha value is -1.87. The van der Waals surface area contributed by atoms with E-state index in [1.54, 1.807) is 16.7 Å². The Balaban J connectivity index is 1.42. The summed E-state index contributed by atoms with van der Waals surface area (Å²) in [6.07, 6.45) is 9.69. The molecule has 6 atom stereocenters. The predicted molar refractivity (Wildman–Crippen MR) is 132 cm³/mol. The molecule has 1 saturated carbocycles. The minimum atomic E-state index is -0.258. The highest BCUT2D eigenvalue weighted by molar-refractivity contribution is 5.89. The van der Waals surface area contributed by atoms with Crippen LogP contribution >= 0.6 is 0 Å². The minimum Gasteiger partial charge on any atom is -0.458 e. The van der Waals surface area contributed by atoms with Crippen LogP contribution in [0.4, 0.5) is 0 Å². The van der Waals surface area contributed by atoms with Crippen molar-refractivity contribution in [1.29, 1.82) is 0 Å². The molecule has 0 spiro atoms. The van der Waals surface area contributed by atoms with Gasteiger partial charge in [-0.2, -0.15) is 0 Å². The van der Waals surface area contributed by atoms with Crippen LogP contribution < -0.4 is 0 Å². The zero-order valence-electron chi connectivity index (χ0n) is 21.0. The third-order valence-corrected chi connectivity index (χ3v) is 10.2. The number of hydrogen-bond acceptors (Lipinski definition) is 3. The summed E-state index contributed by atoms with van der Waals surface area (Å²) < 4.78 is 6.15. The van der Waals surface area contributed by atoms with Gasteiger partial charge in [-0.25, -0.2) is 4.79 Å². The monoisotopic (exact) mass is 448 g/mol. The van der Waals surface area contributed by atoms with E-state index in [9.17, 15) is 9.90 Å². The van der Waals surface area contributed by atoms with E-state index in [2.05, 4.69) is 33.8 Å². The van der Waals surface area contributed by atoms with Crippen LogP contribution in [0.5, 0.6) is 0 Å². The lowest BCUT2D eigenvalue weighted by atomic mass is 9.46. The van der Waals surface area contributed by atoms with Gasteiger partial charge in [-0.1, -0.05) is 57.5 Å². The molecule has 1 N–H and O–H groups in total. The molecule has 4 aliphatic rings. The highest BCUT2D eigenvalue weighted by atomic mass is 16.5. The van der Waals surface area contributed by atoms with Gasteiger partial charge in [0.2, 0.25) is 0 Å². The van der Waals surface area contributed by atoms with Gasteiger partial charge in [0.1, 0.15) is 6.10 Å². The van der Waals surface area contributed by atoms with Gasteiger partial charge in [0, 0.05) is 5.41 Å². The Morgan fingerprint density at radius 1 is 1.03 bits per heavy atom. The van der Waals surface area contributed by atoms with E-state index in [0.29, 0.717) is 17.4 Å². The second kappa shape index (κ2) is 7.83. The first kappa shape index (κ1) is 22.9. The van der Waals surface area contributed by atoms with Crippen molar-refractivity contribution >= 4 is 5.97 Å². The zero-order chi connectivity index (χ0) is 23.6. The lowest BCUT2D eigenvalue weighted by Crippen LogP contribution is -2.54. The van der Waals surface area contributed by atoms with Crippen LogP contribution in [-0.4, -0.2) is 23.3 Å². The van der Waals surface area contributed by atoms with Gasteiger partial charge in [0.25, 0.3) is 0 Å². The fourth-order valence-corrected chi connectivity index (χ4v) is 8.41. The predicted octanol–water partition coefficient (Wildman–Crippen LogP) is 6.87. The molecule has 3 heteroatoms. The molecule has 1 aromatic rings. The van der Waals surface area contributed by atoms with Crippen LogP contribution in [0.3, 0.4) is 0 Å². The van der Waals surface area contributed by atoms with Crippen molar-refractivity contribution in [3.63, 3.8) is 0 Å². The van der Waals surface area contributed by atoms with E-state index < -0.39 is 0 Å². The summed E-state index contributed by atoms with van der Waals surface area (Å²) in [4.78, 5) is 12.9. The summed E-state index contributed by atoms with van der Waals surface area (Å²) in [5, 5.41) is 10.5. The van der Waals surface area contributed by atoms with Crippen molar-refractivity contribution in [3.05, 3.63) is 58.7 Å². The van der Waals surface area contributed by atoms with E-state index in [1.807, 2.05) is 37.3 Å². The fraction of sp³-hybridized carbons (Fsp3) is 0.633. The van der Waals surface area contributed by atoms with Crippen molar-refractivity contribution in [2.45, 2.75) is 91.8 Å². The molecular weight excluding hydrogens is 408 g/mol. The van der Waals surface area contributed by atoms with E-state index in [0.717, 1.165) is 44.9 Å². The lowest BCUT2D eigenvalue weighted by molar-refractivity contribution is -0.0994. The van der Waals surface area contributed by atoms with Crippen LogP contribution in [0.1, 0.15) is 89.9 Å². The summed E-state index contributed by atoms with van der Waals surface area (Å²) in [6, 6.07) is 9.40. The quantitative estimate of drug-likeness (QED) is 0.513. The lowest BCUT2D eigenvalue weighted by Gasteiger charge is -2.59. The van der Waals surface area contributed by atoms with Crippen LogP contribution in [0.2, 0.25) is 0 Å². The maximum absolute atomic E-state index is 12.9. The normalized spacial score (nSPS) is 38.0. The molecule has 1 aromatic carbocycles. The third kappa shape index (κ3) is 3.37. The van der Waals surface area contributed by atoms with Gasteiger partial charge in [0.05, 0.1) is 11.7 Å². The average Bonchev–Trinajstić information content (AvgIpc) is 3.14. The molecule has 0 aliphatic heterocycles. The molecule has 0 aromatic heterocycles. The SMILES string of the molecule is CC(O)C1CC=C2C3=C(CCC21C)C1(C)CCC(OC(=O)c2ccccc2)C(C)(C)C1CC3. The number of carbonyl (C=O) groups excluding carboxylic acids is 1. The van der Waals surface area contributed by atoms with Crippen molar-refractivity contribution in [3.8, 4) is 0 Å². The number of aliphatic hydroxyl groups is 1. The Bertz CT molecular complexity index is 1000. The summed E-state index contributed by atoms with van der Waals surface area (Å²) in [5.41, 5.74) is 5.69. The molecule has 0 heterocycles. The Morgan fingerprint density at radius 2 is 1.76 bits per heavy atom. The number of hydrogen-bond donors (Lipinski definition) is 1. The third-order valence-electron chi connectivity index (χ3n) is 10.2. The number of allylic oxidation sites excluding steroid dienone is 4. The van der Waals surface area contributed by atoms with Gasteiger partial charge in [-0.05, 0) is 97.8 Å². The number of aliphatic hydroxyl groups excluding tert-OH is 1. The molecule has 5 rings (SSSR count). The number of fused-ring (bicyclic) bond motifs is 4. The van der Waals surface area contributed by atoms with Crippen molar-refractivity contribution in [2.75, 3.05) is 0 Å². The van der Waals surface area contributed by atoms with Crippen molar-refractivity contribution < 1.29 is 14.6 Å². The molecule has 0 bridgehead atoms. The number of rotatable bonds is 3. The summed E-state index contributed by atoms with van der Waals surface area (Å²) >= 11 is 0. The number of benzene rings is 1. The van der Waals surface area contributed by atoms with Gasteiger partial charge >= 0.3 is 5.97 Å². The van der Waals surface area contributed by atoms with Crippen LogP contribution in [0.25, 0.3) is 0 Å². The summed E-state index contributed by atoms with van der Waals surface area (Å²) in [7, 11) is 0. The maximum atomic E-state index is 12.9. The molecule has 0 saturated heterocycles. The van der Waals surface area contributed by atoms with E-state index in [-0.39, 0.29) is 34.4 Å². The first-order chi connectivity index (χ1) is 15.6. The highest BCUT2D eigenvalue weighted by Gasteiger charge is 2.58. The van der Waals surface area contributed by atoms with Gasteiger partial charge < -0.3 is 9.84 Å². The largest absolute Gasteiger partial charge is 0.458 e. The van der Waals surface area contributed by atoms with Crippen molar-refractivity contribution in [2.24, 2.45) is 28.1 Å². The van der Waals surface area contributed by atoms with Gasteiger partial charge in [0.15, 0.2) is 0 Å². The Labute approximate surface area is 199 Å². The van der Waals surface area contributed by atoms with E-state index in [4.69, 9.17) is 4.74 Å². The van der Waals surface area contributed by atoms with Crippen molar-refractivity contribution in [1.82, 2.24) is 0 Å². The summed E-state index contributed by atoms with van der Waals surface area (Å²) in [5.74, 6) is 0.656. The first-order valence-corrected chi connectivity index (χ1v) is 13.0. The van der Waals surface area contributed by atoms with Gasteiger partial charge in [-0.15, -0.1) is 0 Å². The number of esters is 1.